The van der Waals surface area contributed by atoms with Crippen molar-refractivity contribution in [3.63, 3.8) is 0 Å². The Morgan fingerprint density at radius 1 is 1.19 bits per heavy atom. The Kier molecular flexibility index (Phi) is 3.64. The summed E-state index contributed by atoms with van der Waals surface area (Å²) >= 11 is 0. The van der Waals surface area contributed by atoms with Crippen molar-refractivity contribution in [1.82, 2.24) is 24.4 Å². The number of aromatic nitrogens is 4. The summed E-state index contributed by atoms with van der Waals surface area (Å²) in [5.41, 5.74) is 4.83. The minimum absolute atomic E-state index is 0.201. The molecule has 0 spiro atoms. The van der Waals surface area contributed by atoms with Crippen LogP contribution in [0, 0.1) is 6.92 Å². The zero-order chi connectivity index (χ0) is 18.4. The van der Waals surface area contributed by atoms with E-state index in [4.69, 9.17) is 0 Å². The average molecular weight is 349 g/mol. The van der Waals surface area contributed by atoms with Crippen LogP contribution < -0.4 is 11.0 Å². The summed E-state index contributed by atoms with van der Waals surface area (Å²) in [5, 5.41) is 2.90. The standard InChI is InChI=1S/C19H19N5O2/c1-11-5-4-6-13-17(11)24(3)16(21-13)10-20-18(25)12-7-8-15-14(9-12)22-19(26)23(15)2/h4-9H,10H2,1-3H3,(H,20,25)(H,22,26). The van der Waals surface area contributed by atoms with Crippen LogP contribution in [0.2, 0.25) is 0 Å². The third kappa shape index (κ3) is 2.48. The van der Waals surface area contributed by atoms with Crippen molar-refractivity contribution in [2.75, 3.05) is 0 Å². The molecule has 0 aliphatic carbocycles. The normalized spacial score (nSPS) is 11.3. The fourth-order valence-electron chi connectivity index (χ4n) is 3.31. The molecule has 0 unspecified atom stereocenters. The van der Waals surface area contributed by atoms with Gasteiger partial charge in [0.2, 0.25) is 0 Å². The van der Waals surface area contributed by atoms with E-state index in [0.29, 0.717) is 17.6 Å². The van der Waals surface area contributed by atoms with Crippen LogP contribution in [0.3, 0.4) is 0 Å². The molecular weight excluding hydrogens is 330 g/mol. The number of nitrogens with zero attached hydrogens (tertiary/aromatic N) is 3. The number of H-pyrrole nitrogens is 1. The number of aromatic amines is 1. The Morgan fingerprint density at radius 2 is 2.00 bits per heavy atom. The van der Waals surface area contributed by atoms with Crippen LogP contribution in [0.1, 0.15) is 21.7 Å². The molecule has 26 heavy (non-hydrogen) atoms. The van der Waals surface area contributed by atoms with Crippen LogP contribution in [-0.2, 0) is 20.6 Å². The fourth-order valence-corrected chi connectivity index (χ4v) is 3.31. The molecule has 2 heterocycles. The number of carbonyl (C=O) groups excluding carboxylic acids is 1. The SMILES string of the molecule is Cc1cccc2nc(CNC(=O)c3ccc4c(c3)[nH]c(=O)n4C)n(C)c12. The van der Waals surface area contributed by atoms with Gasteiger partial charge < -0.3 is 14.9 Å². The van der Waals surface area contributed by atoms with Crippen molar-refractivity contribution >= 4 is 28.0 Å². The van der Waals surface area contributed by atoms with Crippen LogP contribution in [0.4, 0.5) is 0 Å². The molecule has 2 aromatic heterocycles. The van der Waals surface area contributed by atoms with Crippen LogP contribution in [0.5, 0.6) is 0 Å². The number of para-hydroxylation sites is 1. The van der Waals surface area contributed by atoms with E-state index in [2.05, 4.69) is 15.3 Å². The Hall–Kier alpha value is -3.35. The minimum atomic E-state index is -0.208. The number of carbonyl (C=O) groups is 1. The summed E-state index contributed by atoms with van der Waals surface area (Å²) < 4.78 is 3.52. The van der Waals surface area contributed by atoms with Gasteiger partial charge in [0.25, 0.3) is 5.91 Å². The lowest BCUT2D eigenvalue weighted by molar-refractivity contribution is 0.0950. The van der Waals surface area contributed by atoms with Crippen LogP contribution in [0.15, 0.2) is 41.2 Å². The molecule has 0 saturated heterocycles. The lowest BCUT2D eigenvalue weighted by Crippen LogP contribution is -2.24. The summed E-state index contributed by atoms with van der Waals surface area (Å²) in [6, 6.07) is 11.1. The Balaban J connectivity index is 1.58. The Bertz CT molecular complexity index is 1210. The van der Waals surface area contributed by atoms with E-state index in [0.717, 1.165) is 27.9 Å². The largest absolute Gasteiger partial charge is 0.345 e. The molecule has 7 nitrogen and oxygen atoms in total. The van der Waals surface area contributed by atoms with E-state index in [1.807, 2.05) is 36.7 Å². The molecule has 2 aromatic carbocycles. The molecule has 132 valence electrons. The molecule has 0 aliphatic heterocycles. The zero-order valence-electron chi connectivity index (χ0n) is 14.8. The van der Waals surface area contributed by atoms with Crippen molar-refractivity contribution in [1.29, 1.82) is 0 Å². The molecule has 0 saturated carbocycles. The van der Waals surface area contributed by atoms with Crippen molar-refractivity contribution in [3.8, 4) is 0 Å². The van der Waals surface area contributed by atoms with Crippen molar-refractivity contribution < 1.29 is 4.79 Å². The lowest BCUT2D eigenvalue weighted by Gasteiger charge is -2.06. The maximum Gasteiger partial charge on any atom is 0.326 e. The average Bonchev–Trinajstić information content (AvgIpc) is 3.10. The monoisotopic (exact) mass is 349 g/mol. The number of hydrogen-bond donors (Lipinski definition) is 2. The van der Waals surface area contributed by atoms with Crippen molar-refractivity contribution in [3.05, 3.63) is 63.8 Å². The number of fused-ring (bicyclic) bond motifs is 2. The smallest absolute Gasteiger partial charge is 0.326 e. The number of hydrogen-bond acceptors (Lipinski definition) is 3. The van der Waals surface area contributed by atoms with Gasteiger partial charge >= 0.3 is 5.69 Å². The predicted octanol–water partition coefficient (Wildman–Crippen LogP) is 1.99. The number of benzene rings is 2. The van der Waals surface area contributed by atoms with E-state index < -0.39 is 0 Å². The van der Waals surface area contributed by atoms with Gasteiger partial charge in [-0.15, -0.1) is 0 Å². The summed E-state index contributed by atoms with van der Waals surface area (Å²) in [5.74, 6) is 0.581. The van der Waals surface area contributed by atoms with Gasteiger partial charge in [0.15, 0.2) is 0 Å². The number of nitrogens with one attached hydrogen (secondary N) is 2. The molecule has 0 fully saturated rings. The first-order valence-corrected chi connectivity index (χ1v) is 8.33. The Labute approximate surface area is 149 Å². The topological polar surface area (TPSA) is 84.7 Å². The summed E-state index contributed by atoms with van der Waals surface area (Å²) in [6.45, 7) is 2.37. The van der Waals surface area contributed by atoms with Gasteiger partial charge in [0.1, 0.15) is 5.82 Å². The molecule has 7 heteroatoms. The second kappa shape index (κ2) is 5.87. The second-order valence-electron chi connectivity index (χ2n) is 6.43. The third-order valence-electron chi connectivity index (χ3n) is 4.76. The maximum atomic E-state index is 12.5. The highest BCUT2D eigenvalue weighted by atomic mass is 16.2. The zero-order valence-corrected chi connectivity index (χ0v) is 14.8. The summed E-state index contributed by atoms with van der Waals surface area (Å²) in [7, 11) is 3.64. The van der Waals surface area contributed by atoms with Crippen LogP contribution in [0.25, 0.3) is 22.1 Å². The molecule has 0 aliphatic rings. The van der Waals surface area contributed by atoms with E-state index >= 15 is 0 Å². The van der Waals surface area contributed by atoms with E-state index in [1.54, 1.807) is 25.2 Å². The predicted molar refractivity (Wildman–Crippen MR) is 100 cm³/mol. The molecule has 0 radical (unpaired) electrons. The van der Waals surface area contributed by atoms with Gasteiger partial charge in [-0.2, -0.15) is 0 Å². The van der Waals surface area contributed by atoms with Crippen LogP contribution >= 0.6 is 0 Å². The van der Waals surface area contributed by atoms with Gasteiger partial charge in [0, 0.05) is 19.7 Å². The molecule has 0 atom stereocenters. The summed E-state index contributed by atoms with van der Waals surface area (Å²) in [6.07, 6.45) is 0. The van der Waals surface area contributed by atoms with Crippen LogP contribution in [-0.4, -0.2) is 25.0 Å². The molecule has 4 rings (SSSR count). The van der Waals surface area contributed by atoms with E-state index in [-0.39, 0.29) is 11.6 Å². The number of amides is 1. The van der Waals surface area contributed by atoms with Crippen molar-refractivity contribution in [2.45, 2.75) is 13.5 Å². The van der Waals surface area contributed by atoms with Gasteiger partial charge in [-0.05, 0) is 36.8 Å². The van der Waals surface area contributed by atoms with Gasteiger partial charge in [0.05, 0.1) is 28.6 Å². The summed E-state index contributed by atoms with van der Waals surface area (Å²) in [4.78, 5) is 31.5. The maximum absolute atomic E-state index is 12.5. The first kappa shape index (κ1) is 16.1. The molecule has 4 aromatic rings. The third-order valence-corrected chi connectivity index (χ3v) is 4.76. The van der Waals surface area contributed by atoms with Gasteiger partial charge in [-0.3, -0.25) is 9.36 Å². The minimum Gasteiger partial charge on any atom is -0.345 e. The highest BCUT2D eigenvalue weighted by molar-refractivity contribution is 5.97. The molecular formula is C19H19N5O2. The molecule has 2 N–H and O–H groups in total. The van der Waals surface area contributed by atoms with Gasteiger partial charge in [-0.1, -0.05) is 12.1 Å². The first-order chi connectivity index (χ1) is 12.5. The van der Waals surface area contributed by atoms with Gasteiger partial charge in [-0.25, -0.2) is 9.78 Å². The quantitative estimate of drug-likeness (QED) is 0.593. The van der Waals surface area contributed by atoms with E-state index in [9.17, 15) is 9.59 Å². The highest BCUT2D eigenvalue weighted by Gasteiger charge is 2.13. The fraction of sp³-hybridized carbons (Fsp3) is 0.211. The lowest BCUT2D eigenvalue weighted by atomic mass is 10.2. The Morgan fingerprint density at radius 3 is 2.77 bits per heavy atom. The second-order valence-corrected chi connectivity index (χ2v) is 6.43. The number of rotatable bonds is 3. The highest BCUT2D eigenvalue weighted by Crippen LogP contribution is 2.19. The molecule has 0 bridgehead atoms. The number of imidazole rings is 2. The molecule has 1 amide bonds. The van der Waals surface area contributed by atoms with E-state index in [1.165, 1.54) is 4.57 Å². The number of aryl methyl sites for hydroxylation is 3. The van der Waals surface area contributed by atoms with Crippen molar-refractivity contribution in [2.24, 2.45) is 14.1 Å². The first-order valence-electron chi connectivity index (χ1n) is 8.33.